The topological polar surface area (TPSA) is 98.7 Å². The highest BCUT2D eigenvalue weighted by molar-refractivity contribution is 5.80. The quantitative estimate of drug-likeness (QED) is 0.612. The van der Waals surface area contributed by atoms with E-state index in [0.717, 1.165) is 12.8 Å². The van der Waals surface area contributed by atoms with Crippen LogP contribution < -0.4 is 10.6 Å². The molecule has 1 saturated heterocycles. The van der Waals surface area contributed by atoms with Crippen molar-refractivity contribution in [3.63, 3.8) is 0 Å². The minimum atomic E-state index is -0.861. The van der Waals surface area contributed by atoms with E-state index in [0.29, 0.717) is 38.5 Å². The Morgan fingerprint density at radius 3 is 2.64 bits per heavy atom. The zero-order chi connectivity index (χ0) is 16.5. The number of carbonyl (C=O) groups is 3. The Kier molecular flexibility index (Phi) is 7.70. The molecule has 126 valence electrons. The number of nitrogens with one attached hydrogen (secondary N) is 2. The van der Waals surface area contributed by atoms with Crippen LogP contribution in [0.1, 0.15) is 39.5 Å². The molecule has 1 rings (SSSR count). The first kappa shape index (κ1) is 18.3. The van der Waals surface area contributed by atoms with Crippen molar-refractivity contribution < 1.29 is 19.5 Å². The van der Waals surface area contributed by atoms with Gasteiger partial charge >= 0.3 is 12.0 Å². The summed E-state index contributed by atoms with van der Waals surface area (Å²) in [5.41, 5.74) is 0. The number of piperidine rings is 1. The van der Waals surface area contributed by atoms with Crippen molar-refractivity contribution in [3.8, 4) is 0 Å². The SMILES string of the molecule is CC(C)CNC(=O)N1CCCC(C(=O)NCCCC(=O)O)C1. The average molecular weight is 313 g/mol. The molecule has 1 unspecified atom stereocenters. The zero-order valence-corrected chi connectivity index (χ0v) is 13.4. The summed E-state index contributed by atoms with van der Waals surface area (Å²) >= 11 is 0. The van der Waals surface area contributed by atoms with Crippen LogP contribution >= 0.6 is 0 Å². The number of carboxylic acid groups (broad SMARTS) is 1. The van der Waals surface area contributed by atoms with Gasteiger partial charge in [0.15, 0.2) is 0 Å². The Labute approximate surface area is 131 Å². The van der Waals surface area contributed by atoms with Crippen LogP contribution in [0, 0.1) is 11.8 Å². The maximum Gasteiger partial charge on any atom is 0.317 e. The van der Waals surface area contributed by atoms with Crippen LogP contribution in [0.3, 0.4) is 0 Å². The van der Waals surface area contributed by atoms with Gasteiger partial charge in [0.05, 0.1) is 5.92 Å². The zero-order valence-electron chi connectivity index (χ0n) is 13.4. The Hall–Kier alpha value is -1.79. The van der Waals surface area contributed by atoms with Gasteiger partial charge in [-0.15, -0.1) is 0 Å². The van der Waals surface area contributed by atoms with Crippen molar-refractivity contribution >= 4 is 17.9 Å². The fourth-order valence-electron chi connectivity index (χ4n) is 2.37. The Balaban J connectivity index is 2.33. The van der Waals surface area contributed by atoms with Crippen LogP contribution in [-0.2, 0) is 9.59 Å². The van der Waals surface area contributed by atoms with Crippen LogP contribution in [0.2, 0.25) is 0 Å². The predicted octanol–water partition coefficient (Wildman–Crippen LogP) is 1.05. The molecule has 0 aromatic carbocycles. The number of urea groups is 1. The number of hydrogen-bond donors (Lipinski definition) is 3. The van der Waals surface area contributed by atoms with Crippen LogP contribution in [0.15, 0.2) is 0 Å². The molecule has 22 heavy (non-hydrogen) atoms. The van der Waals surface area contributed by atoms with Crippen molar-refractivity contribution in [3.05, 3.63) is 0 Å². The number of rotatable bonds is 7. The van der Waals surface area contributed by atoms with E-state index in [1.165, 1.54) is 0 Å². The lowest BCUT2D eigenvalue weighted by Crippen LogP contribution is -2.49. The minimum absolute atomic E-state index is 0.0503. The molecule has 0 radical (unpaired) electrons. The Morgan fingerprint density at radius 1 is 1.27 bits per heavy atom. The highest BCUT2D eigenvalue weighted by atomic mass is 16.4. The molecule has 3 amide bonds. The number of amides is 3. The smallest absolute Gasteiger partial charge is 0.317 e. The largest absolute Gasteiger partial charge is 0.481 e. The maximum atomic E-state index is 12.1. The van der Waals surface area contributed by atoms with Crippen molar-refractivity contribution in [2.75, 3.05) is 26.2 Å². The minimum Gasteiger partial charge on any atom is -0.481 e. The molecule has 0 bridgehead atoms. The normalized spacial score (nSPS) is 18.1. The van der Waals surface area contributed by atoms with Crippen molar-refractivity contribution in [2.45, 2.75) is 39.5 Å². The first-order valence-electron chi connectivity index (χ1n) is 7.92. The molecule has 0 spiro atoms. The highest BCUT2D eigenvalue weighted by Gasteiger charge is 2.28. The molecule has 1 atom stereocenters. The first-order chi connectivity index (χ1) is 10.4. The van der Waals surface area contributed by atoms with Gasteiger partial charge in [-0.25, -0.2) is 4.79 Å². The van der Waals surface area contributed by atoms with E-state index in [1.807, 2.05) is 13.8 Å². The fourth-order valence-corrected chi connectivity index (χ4v) is 2.37. The highest BCUT2D eigenvalue weighted by Crippen LogP contribution is 2.16. The number of aliphatic carboxylic acids is 1. The van der Waals surface area contributed by atoms with E-state index in [2.05, 4.69) is 10.6 Å². The second kappa shape index (κ2) is 9.27. The molecule has 1 heterocycles. The standard InChI is InChI=1S/C15H27N3O4/c1-11(2)9-17-15(22)18-8-4-5-12(10-18)14(21)16-7-3-6-13(19)20/h11-12H,3-10H2,1-2H3,(H,16,21)(H,17,22)(H,19,20). The maximum absolute atomic E-state index is 12.1. The van der Waals surface area contributed by atoms with Gasteiger partial charge in [0.2, 0.25) is 5.91 Å². The second-order valence-corrected chi connectivity index (χ2v) is 6.15. The lowest BCUT2D eigenvalue weighted by Gasteiger charge is -2.32. The molecule has 1 aliphatic rings. The molecular formula is C15H27N3O4. The van der Waals surface area contributed by atoms with E-state index >= 15 is 0 Å². The third-order valence-electron chi connectivity index (χ3n) is 3.61. The van der Waals surface area contributed by atoms with Gasteiger partial charge in [0.1, 0.15) is 0 Å². The van der Waals surface area contributed by atoms with Crippen molar-refractivity contribution in [1.82, 2.24) is 15.5 Å². The van der Waals surface area contributed by atoms with Gasteiger partial charge in [-0.1, -0.05) is 13.8 Å². The second-order valence-electron chi connectivity index (χ2n) is 6.15. The fraction of sp³-hybridized carbons (Fsp3) is 0.800. The van der Waals surface area contributed by atoms with Crippen LogP contribution in [0.25, 0.3) is 0 Å². The van der Waals surface area contributed by atoms with Gasteiger partial charge in [-0.2, -0.15) is 0 Å². The molecule has 0 saturated carbocycles. The molecule has 1 fully saturated rings. The lowest BCUT2D eigenvalue weighted by molar-refractivity contribution is -0.137. The molecule has 7 heteroatoms. The summed E-state index contributed by atoms with van der Waals surface area (Å²) in [6, 6.07) is -0.114. The lowest BCUT2D eigenvalue weighted by atomic mass is 9.97. The van der Waals surface area contributed by atoms with Gasteiger partial charge in [0, 0.05) is 32.6 Å². The summed E-state index contributed by atoms with van der Waals surface area (Å²) in [5.74, 6) is -0.767. The summed E-state index contributed by atoms with van der Waals surface area (Å²) in [6.07, 6.45) is 2.04. The third-order valence-corrected chi connectivity index (χ3v) is 3.61. The third kappa shape index (κ3) is 6.78. The summed E-state index contributed by atoms with van der Waals surface area (Å²) in [5, 5.41) is 14.2. The summed E-state index contributed by atoms with van der Waals surface area (Å²) < 4.78 is 0. The van der Waals surface area contributed by atoms with Crippen molar-refractivity contribution in [2.24, 2.45) is 11.8 Å². The van der Waals surface area contributed by atoms with E-state index in [4.69, 9.17) is 5.11 Å². The van der Waals surface area contributed by atoms with Crippen LogP contribution in [-0.4, -0.2) is 54.1 Å². The number of hydrogen-bond acceptors (Lipinski definition) is 3. The number of carbonyl (C=O) groups excluding carboxylic acids is 2. The van der Waals surface area contributed by atoms with Gasteiger partial charge in [-0.3, -0.25) is 9.59 Å². The van der Waals surface area contributed by atoms with Gasteiger partial charge < -0.3 is 20.6 Å². The van der Waals surface area contributed by atoms with Gasteiger partial charge in [0.25, 0.3) is 0 Å². The molecule has 3 N–H and O–H groups in total. The summed E-state index contributed by atoms with van der Waals surface area (Å²) in [7, 11) is 0. The molecular weight excluding hydrogens is 286 g/mol. The van der Waals surface area contributed by atoms with E-state index in [-0.39, 0.29) is 24.3 Å². The Morgan fingerprint density at radius 2 is 2.00 bits per heavy atom. The first-order valence-corrected chi connectivity index (χ1v) is 7.92. The molecule has 0 aromatic heterocycles. The number of carboxylic acids is 1. The van der Waals surface area contributed by atoms with E-state index < -0.39 is 5.97 Å². The molecule has 0 aromatic rings. The predicted molar refractivity (Wildman–Crippen MR) is 82.4 cm³/mol. The number of nitrogens with zero attached hydrogens (tertiary/aromatic N) is 1. The summed E-state index contributed by atoms with van der Waals surface area (Å²) in [6.45, 7) is 6.15. The number of likely N-dealkylation sites (tertiary alicyclic amines) is 1. The molecule has 1 aliphatic heterocycles. The monoisotopic (exact) mass is 313 g/mol. The summed E-state index contributed by atoms with van der Waals surface area (Å²) in [4.78, 5) is 36.2. The van der Waals surface area contributed by atoms with Crippen LogP contribution in [0.4, 0.5) is 4.79 Å². The Bertz CT molecular complexity index is 398. The van der Waals surface area contributed by atoms with E-state index in [1.54, 1.807) is 4.90 Å². The molecule has 0 aliphatic carbocycles. The average Bonchev–Trinajstić information content (AvgIpc) is 2.48. The molecule has 7 nitrogen and oxygen atoms in total. The van der Waals surface area contributed by atoms with Crippen LogP contribution in [0.5, 0.6) is 0 Å². The van der Waals surface area contributed by atoms with Gasteiger partial charge in [-0.05, 0) is 25.2 Å². The van der Waals surface area contributed by atoms with E-state index in [9.17, 15) is 14.4 Å². The van der Waals surface area contributed by atoms with Crippen molar-refractivity contribution in [1.29, 1.82) is 0 Å².